The van der Waals surface area contributed by atoms with Crippen LogP contribution in [-0.4, -0.2) is 28.3 Å². The van der Waals surface area contributed by atoms with E-state index in [1.54, 1.807) is 19.3 Å². The molecule has 0 saturated heterocycles. The van der Waals surface area contributed by atoms with Gasteiger partial charge in [-0.1, -0.05) is 24.3 Å². The first-order valence-corrected chi connectivity index (χ1v) is 9.85. The molecule has 4 rings (SSSR count). The lowest BCUT2D eigenvalue weighted by atomic mass is 10.0. The highest BCUT2D eigenvalue weighted by atomic mass is 16.5. The Balaban J connectivity index is 1.44. The quantitative estimate of drug-likeness (QED) is 0.276. The number of pyridine rings is 1. The normalized spacial score (nSPS) is 12.1. The number of benzene rings is 2. The van der Waals surface area contributed by atoms with Crippen LogP contribution in [0, 0.1) is 5.41 Å². The van der Waals surface area contributed by atoms with Gasteiger partial charge in [0.05, 0.1) is 6.20 Å². The third kappa shape index (κ3) is 4.18. The van der Waals surface area contributed by atoms with Gasteiger partial charge >= 0.3 is 0 Å². The molecule has 6 nitrogen and oxygen atoms in total. The molecule has 30 heavy (non-hydrogen) atoms. The Labute approximate surface area is 175 Å². The zero-order chi connectivity index (χ0) is 21.1. The summed E-state index contributed by atoms with van der Waals surface area (Å²) in [6, 6.07) is 15.6. The molecule has 0 radical (unpaired) electrons. The molecule has 2 aromatic heterocycles. The molecule has 0 fully saturated rings. The van der Waals surface area contributed by atoms with Gasteiger partial charge in [0, 0.05) is 51.9 Å². The standard InChI is InChI=1S/C24H25N5O/c1-15(25)22-10-16(6-7-23(22)27)17-9-20(13-28-11-17)30-14-19(26)8-18-12-29-24-5-3-2-4-21(18)24/h2-7,9-13,19,25,29H,8,14,26-27H2,1H3. The van der Waals surface area contributed by atoms with Crippen LogP contribution in [0.1, 0.15) is 18.1 Å². The number of anilines is 1. The van der Waals surface area contributed by atoms with E-state index in [2.05, 4.69) is 22.1 Å². The molecule has 0 aliphatic rings. The summed E-state index contributed by atoms with van der Waals surface area (Å²) in [5, 5.41) is 9.08. The molecule has 0 aliphatic carbocycles. The summed E-state index contributed by atoms with van der Waals surface area (Å²) >= 11 is 0. The SMILES string of the molecule is CC(=N)c1cc(-c2cncc(OCC(N)Cc3c[nH]c4ccccc34)c2)ccc1N. The van der Waals surface area contributed by atoms with Crippen molar-refractivity contribution in [2.75, 3.05) is 12.3 Å². The largest absolute Gasteiger partial charge is 0.490 e. The molecule has 2 aromatic carbocycles. The van der Waals surface area contributed by atoms with E-state index in [9.17, 15) is 0 Å². The summed E-state index contributed by atoms with van der Waals surface area (Å²) in [5.74, 6) is 0.659. The summed E-state index contributed by atoms with van der Waals surface area (Å²) < 4.78 is 5.93. The number of nitrogens with one attached hydrogen (secondary N) is 2. The highest BCUT2D eigenvalue weighted by Crippen LogP contribution is 2.26. The van der Waals surface area contributed by atoms with Crippen molar-refractivity contribution in [2.45, 2.75) is 19.4 Å². The molecular weight excluding hydrogens is 374 g/mol. The number of fused-ring (bicyclic) bond motifs is 1. The van der Waals surface area contributed by atoms with E-state index >= 15 is 0 Å². The van der Waals surface area contributed by atoms with E-state index in [0.29, 0.717) is 23.8 Å². The molecule has 2 heterocycles. The molecule has 0 spiro atoms. The lowest BCUT2D eigenvalue weighted by molar-refractivity contribution is 0.287. The van der Waals surface area contributed by atoms with E-state index in [-0.39, 0.29) is 6.04 Å². The van der Waals surface area contributed by atoms with Gasteiger partial charge in [-0.3, -0.25) is 4.98 Å². The molecule has 1 atom stereocenters. The van der Waals surface area contributed by atoms with Crippen LogP contribution in [0.15, 0.2) is 67.1 Å². The molecule has 1 unspecified atom stereocenters. The molecule has 0 bridgehead atoms. The molecular formula is C24H25N5O. The molecule has 0 saturated carbocycles. The van der Waals surface area contributed by atoms with E-state index < -0.39 is 0 Å². The van der Waals surface area contributed by atoms with Crippen molar-refractivity contribution in [3.05, 3.63) is 78.2 Å². The lowest BCUT2D eigenvalue weighted by Crippen LogP contribution is -2.30. The maximum atomic E-state index is 7.89. The summed E-state index contributed by atoms with van der Waals surface area (Å²) in [6.45, 7) is 2.11. The van der Waals surface area contributed by atoms with Crippen molar-refractivity contribution in [2.24, 2.45) is 5.73 Å². The van der Waals surface area contributed by atoms with E-state index in [1.165, 1.54) is 10.9 Å². The molecule has 152 valence electrons. The van der Waals surface area contributed by atoms with Gasteiger partial charge in [0.15, 0.2) is 0 Å². The number of nitrogens with zero attached hydrogens (tertiary/aromatic N) is 1. The molecule has 4 aromatic rings. The molecule has 6 heteroatoms. The van der Waals surface area contributed by atoms with Gasteiger partial charge in [-0.25, -0.2) is 0 Å². The Morgan fingerprint density at radius 1 is 1.13 bits per heavy atom. The lowest BCUT2D eigenvalue weighted by Gasteiger charge is -2.14. The second-order valence-corrected chi connectivity index (χ2v) is 7.47. The van der Waals surface area contributed by atoms with Gasteiger partial charge in [0.1, 0.15) is 12.4 Å². The molecule has 0 amide bonds. The first-order chi connectivity index (χ1) is 14.5. The van der Waals surface area contributed by atoms with Gasteiger partial charge in [-0.05, 0) is 48.7 Å². The minimum atomic E-state index is -0.142. The third-order valence-electron chi connectivity index (χ3n) is 5.12. The van der Waals surface area contributed by atoms with E-state index in [4.69, 9.17) is 21.6 Å². The minimum absolute atomic E-state index is 0.142. The first-order valence-electron chi connectivity index (χ1n) is 9.85. The number of hydrogen-bond acceptors (Lipinski definition) is 5. The Morgan fingerprint density at radius 3 is 2.80 bits per heavy atom. The summed E-state index contributed by atoms with van der Waals surface area (Å²) in [6.07, 6.45) is 6.18. The van der Waals surface area contributed by atoms with Crippen LogP contribution in [0.2, 0.25) is 0 Å². The number of ether oxygens (including phenoxy) is 1. The zero-order valence-corrected chi connectivity index (χ0v) is 16.9. The topological polar surface area (TPSA) is 114 Å². The predicted molar refractivity (Wildman–Crippen MR) is 122 cm³/mol. The van der Waals surface area contributed by atoms with Crippen LogP contribution in [0.4, 0.5) is 5.69 Å². The van der Waals surface area contributed by atoms with Crippen LogP contribution in [-0.2, 0) is 6.42 Å². The fourth-order valence-corrected chi connectivity index (χ4v) is 3.56. The van der Waals surface area contributed by atoms with Crippen LogP contribution < -0.4 is 16.2 Å². The average molecular weight is 399 g/mol. The number of nitrogens with two attached hydrogens (primary N) is 2. The smallest absolute Gasteiger partial charge is 0.138 e. The van der Waals surface area contributed by atoms with Crippen molar-refractivity contribution in [1.29, 1.82) is 5.41 Å². The maximum absolute atomic E-state index is 7.89. The van der Waals surface area contributed by atoms with Crippen LogP contribution in [0.5, 0.6) is 5.75 Å². The highest BCUT2D eigenvalue weighted by molar-refractivity contribution is 6.02. The second-order valence-electron chi connectivity index (χ2n) is 7.47. The maximum Gasteiger partial charge on any atom is 0.138 e. The monoisotopic (exact) mass is 399 g/mol. The average Bonchev–Trinajstić information content (AvgIpc) is 3.15. The Kier molecular flexibility index (Phi) is 5.50. The summed E-state index contributed by atoms with van der Waals surface area (Å²) in [4.78, 5) is 7.58. The van der Waals surface area contributed by atoms with Gasteiger partial charge in [0.2, 0.25) is 0 Å². The van der Waals surface area contributed by atoms with Gasteiger partial charge in [-0.15, -0.1) is 0 Å². The van der Waals surface area contributed by atoms with Crippen molar-refractivity contribution in [3.63, 3.8) is 0 Å². The minimum Gasteiger partial charge on any atom is -0.490 e. The number of para-hydroxylation sites is 1. The number of H-pyrrole nitrogens is 1. The molecule has 6 N–H and O–H groups in total. The summed E-state index contributed by atoms with van der Waals surface area (Å²) in [7, 11) is 0. The number of aromatic nitrogens is 2. The fraction of sp³-hybridized carbons (Fsp3) is 0.167. The van der Waals surface area contributed by atoms with Crippen molar-refractivity contribution in [3.8, 4) is 16.9 Å². The third-order valence-corrected chi connectivity index (χ3v) is 5.12. The van der Waals surface area contributed by atoms with Gasteiger partial charge in [-0.2, -0.15) is 0 Å². The number of rotatable bonds is 7. The van der Waals surface area contributed by atoms with Crippen molar-refractivity contribution < 1.29 is 4.74 Å². The fourth-order valence-electron chi connectivity index (χ4n) is 3.56. The van der Waals surface area contributed by atoms with E-state index in [1.807, 2.05) is 42.6 Å². The predicted octanol–water partition coefficient (Wildman–Crippen LogP) is 4.15. The first kappa shape index (κ1) is 19.7. The number of nitrogen functional groups attached to an aromatic ring is 1. The highest BCUT2D eigenvalue weighted by Gasteiger charge is 2.11. The number of hydrogen-bond donors (Lipinski definition) is 4. The van der Waals surface area contributed by atoms with Crippen LogP contribution >= 0.6 is 0 Å². The van der Waals surface area contributed by atoms with Crippen molar-refractivity contribution in [1.82, 2.24) is 9.97 Å². The van der Waals surface area contributed by atoms with Gasteiger partial charge < -0.3 is 26.6 Å². The van der Waals surface area contributed by atoms with Crippen molar-refractivity contribution >= 4 is 22.3 Å². The van der Waals surface area contributed by atoms with Gasteiger partial charge in [0.25, 0.3) is 0 Å². The van der Waals surface area contributed by atoms with Crippen LogP contribution in [0.3, 0.4) is 0 Å². The van der Waals surface area contributed by atoms with Crippen LogP contribution in [0.25, 0.3) is 22.0 Å². The second kappa shape index (κ2) is 8.39. The van der Waals surface area contributed by atoms with E-state index in [0.717, 1.165) is 28.6 Å². The Morgan fingerprint density at radius 2 is 1.97 bits per heavy atom. The Bertz CT molecular complexity index is 1200. The number of aromatic amines is 1. The Hall–Kier alpha value is -3.64. The summed E-state index contributed by atoms with van der Waals surface area (Å²) in [5.41, 5.74) is 18.2. The molecule has 0 aliphatic heterocycles. The zero-order valence-electron chi connectivity index (χ0n) is 16.9.